The highest BCUT2D eigenvalue weighted by atomic mass is 16.3. The Kier molecular flexibility index (Phi) is 5.51. The van der Waals surface area contributed by atoms with Crippen LogP contribution in [0.5, 0.6) is 0 Å². The molecule has 2 N–H and O–H groups in total. The van der Waals surface area contributed by atoms with Gasteiger partial charge in [-0.3, -0.25) is 4.79 Å². The van der Waals surface area contributed by atoms with Crippen molar-refractivity contribution in [2.75, 3.05) is 13.2 Å². The number of nitrogens with zero attached hydrogens (tertiary/aromatic N) is 1. The number of carbonyl (C=O) groups excluding carboxylic acids is 1. The summed E-state index contributed by atoms with van der Waals surface area (Å²) >= 11 is 0. The average Bonchev–Trinajstić information content (AvgIpc) is 2.62. The second-order valence-electron chi connectivity index (χ2n) is 6.92. The zero-order valence-electron chi connectivity index (χ0n) is 14.8. The molecule has 3 rings (SSSR count). The van der Waals surface area contributed by atoms with Crippen LogP contribution in [-0.2, 0) is 0 Å². The minimum atomic E-state index is 0.0493. The summed E-state index contributed by atoms with van der Waals surface area (Å²) < 4.78 is 0. The molecule has 1 amide bonds. The molecule has 1 saturated heterocycles. The average molecular weight is 338 g/mol. The SMILES string of the molecule is CC(C)N(C[C@@H]1N[C@H](CO)[C@@H]1c1ccccc1)C(=O)c1ccccc1. The van der Waals surface area contributed by atoms with Gasteiger partial charge in [0.15, 0.2) is 0 Å². The van der Waals surface area contributed by atoms with Gasteiger partial charge in [0.2, 0.25) is 0 Å². The summed E-state index contributed by atoms with van der Waals surface area (Å²) in [4.78, 5) is 14.8. The lowest BCUT2D eigenvalue weighted by Crippen LogP contribution is -2.65. The number of carbonyl (C=O) groups is 1. The molecule has 1 fully saturated rings. The number of hydrogen-bond donors (Lipinski definition) is 2. The van der Waals surface area contributed by atoms with Crippen LogP contribution in [-0.4, -0.2) is 47.2 Å². The van der Waals surface area contributed by atoms with Gasteiger partial charge in [-0.15, -0.1) is 0 Å². The van der Waals surface area contributed by atoms with Crippen LogP contribution in [0.2, 0.25) is 0 Å². The van der Waals surface area contributed by atoms with E-state index in [1.54, 1.807) is 0 Å². The van der Waals surface area contributed by atoms with Crippen molar-refractivity contribution in [3.05, 3.63) is 71.8 Å². The fourth-order valence-corrected chi connectivity index (χ4v) is 3.60. The fraction of sp³-hybridized carbons (Fsp3) is 0.381. The van der Waals surface area contributed by atoms with E-state index in [1.807, 2.05) is 67.3 Å². The smallest absolute Gasteiger partial charge is 0.254 e. The van der Waals surface area contributed by atoms with E-state index in [9.17, 15) is 9.90 Å². The normalized spacial score (nSPS) is 22.5. The molecule has 25 heavy (non-hydrogen) atoms. The minimum absolute atomic E-state index is 0.0493. The van der Waals surface area contributed by atoms with E-state index in [4.69, 9.17) is 0 Å². The molecular weight excluding hydrogens is 312 g/mol. The van der Waals surface area contributed by atoms with E-state index in [-0.39, 0.29) is 36.6 Å². The third-order valence-corrected chi connectivity index (χ3v) is 4.97. The Labute approximate surface area is 149 Å². The van der Waals surface area contributed by atoms with Gasteiger partial charge < -0.3 is 15.3 Å². The third-order valence-electron chi connectivity index (χ3n) is 4.97. The Morgan fingerprint density at radius 3 is 2.20 bits per heavy atom. The predicted octanol–water partition coefficient (Wildman–Crippen LogP) is 2.65. The highest BCUT2D eigenvalue weighted by Crippen LogP contribution is 2.33. The van der Waals surface area contributed by atoms with Crippen LogP contribution < -0.4 is 5.32 Å². The van der Waals surface area contributed by atoms with Crippen LogP contribution in [0.3, 0.4) is 0 Å². The number of rotatable bonds is 6. The highest BCUT2D eigenvalue weighted by Gasteiger charge is 2.42. The van der Waals surface area contributed by atoms with Gasteiger partial charge in [0, 0.05) is 36.2 Å². The molecule has 1 heterocycles. The molecule has 1 aliphatic rings. The van der Waals surface area contributed by atoms with Gasteiger partial charge in [0.25, 0.3) is 5.91 Å². The summed E-state index contributed by atoms with van der Waals surface area (Å²) in [5, 5.41) is 13.0. The fourth-order valence-electron chi connectivity index (χ4n) is 3.60. The summed E-state index contributed by atoms with van der Waals surface area (Å²) in [5.41, 5.74) is 1.92. The summed E-state index contributed by atoms with van der Waals surface area (Å²) in [6.45, 7) is 4.81. The van der Waals surface area contributed by atoms with Gasteiger partial charge in [-0.25, -0.2) is 0 Å². The minimum Gasteiger partial charge on any atom is -0.395 e. The third kappa shape index (κ3) is 3.75. The Bertz CT molecular complexity index is 688. The maximum absolute atomic E-state index is 12.9. The Balaban J connectivity index is 1.77. The van der Waals surface area contributed by atoms with Crippen LogP contribution in [0.25, 0.3) is 0 Å². The molecule has 132 valence electrons. The van der Waals surface area contributed by atoms with E-state index < -0.39 is 0 Å². The largest absolute Gasteiger partial charge is 0.395 e. The van der Waals surface area contributed by atoms with Crippen LogP contribution in [0.15, 0.2) is 60.7 Å². The number of aliphatic hydroxyl groups excluding tert-OH is 1. The standard InChI is InChI=1S/C21H26N2O2/c1-15(2)23(21(25)17-11-7-4-8-12-17)13-18-20(19(14-24)22-18)16-9-5-3-6-10-16/h3-12,15,18-20,22,24H,13-14H2,1-2H3/t18-,19+,20+/m0/s1. The molecule has 0 saturated carbocycles. The first-order valence-corrected chi connectivity index (χ1v) is 8.89. The first kappa shape index (κ1) is 17.6. The second kappa shape index (κ2) is 7.81. The molecule has 0 aromatic heterocycles. The lowest BCUT2D eigenvalue weighted by molar-refractivity contribution is 0.0563. The van der Waals surface area contributed by atoms with Crippen LogP contribution in [0.4, 0.5) is 0 Å². The van der Waals surface area contributed by atoms with Crippen LogP contribution >= 0.6 is 0 Å². The molecule has 1 aliphatic heterocycles. The molecule has 0 unspecified atom stereocenters. The first-order valence-electron chi connectivity index (χ1n) is 8.89. The van der Waals surface area contributed by atoms with Crippen molar-refractivity contribution in [2.45, 2.75) is 37.9 Å². The van der Waals surface area contributed by atoms with E-state index in [1.165, 1.54) is 5.56 Å². The number of aliphatic hydroxyl groups is 1. The molecular formula is C21H26N2O2. The van der Waals surface area contributed by atoms with Crippen molar-refractivity contribution in [3.63, 3.8) is 0 Å². The monoisotopic (exact) mass is 338 g/mol. The molecule has 4 nitrogen and oxygen atoms in total. The van der Waals surface area contributed by atoms with Gasteiger partial charge in [-0.05, 0) is 31.5 Å². The zero-order valence-corrected chi connectivity index (χ0v) is 14.8. The second-order valence-corrected chi connectivity index (χ2v) is 6.92. The first-order chi connectivity index (χ1) is 12.1. The topological polar surface area (TPSA) is 52.6 Å². The highest BCUT2D eigenvalue weighted by molar-refractivity contribution is 5.94. The van der Waals surface area contributed by atoms with Crippen molar-refractivity contribution in [2.24, 2.45) is 0 Å². The van der Waals surface area contributed by atoms with Gasteiger partial charge in [-0.1, -0.05) is 48.5 Å². The van der Waals surface area contributed by atoms with Gasteiger partial charge in [0.1, 0.15) is 0 Å². The summed E-state index contributed by atoms with van der Waals surface area (Å²) in [7, 11) is 0. The van der Waals surface area contributed by atoms with Crippen LogP contribution in [0, 0.1) is 0 Å². The molecule has 2 aromatic rings. The maximum atomic E-state index is 12.9. The molecule has 0 aliphatic carbocycles. The predicted molar refractivity (Wildman–Crippen MR) is 99.6 cm³/mol. The molecule has 3 atom stereocenters. The van der Waals surface area contributed by atoms with Crippen molar-refractivity contribution in [3.8, 4) is 0 Å². The van der Waals surface area contributed by atoms with Crippen LogP contribution in [0.1, 0.15) is 35.7 Å². The Morgan fingerprint density at radius 2 is 1.64 bits per heavy atom. The van der Waals surface area contributed by atoms with Gasteiger partial charge in [0.05, 0.1) is 6.61 Å². The molecule has 0 radical (unpaired) electrons. The Hall–Kier alpha value is -2.17. The van der Waals surface area contributed by atoms with Crippen molar-refractivity contribution in [1.82, 2.24) is 10.2 Å². The maximum Gasteiger partial charge on any atom is 0.254 e. The van der Waals surface area contributed by atoms with E-state index in [2.05, 4.69) is 17.4 Å². The summed E-state index contributed by atoms with van der Waals surface area (Å²) in [6.07, 6.45) is 0. The van der Waals surface area contributed by atoms with Gasteiger partial charge in [-0.2, -0.15) is 0 Å². The summed E-state index contributed by atoms with van der Waals surface area (Å²) in [5.74, 6) is 0.271. The van der Waals surface area contributed by atoms with E-state index in [0.29, 0.717) is 12.1 Å². The number of amides is 1. The van der Waals surface area contributed by atoms with Crippen molar-refractivity contribution >= 4 is 5.91 Å². The Morgan fingerprint density at radius 1 is 1.04 bits per heavy atom. The van der Waals surface area contributed by atoms with Crippen molar-refractivity contribution < 1.29 is 9.90 Å². The lowest BCUT2D eigenvalue weighted by atomic mass is 9.77. The number of hydrogen-bond acceptors (Lipinski definition) is 3. The van der Waals surface area contributed by atoms with Crippen molar-refractivity contribution in [1.29, 1.82) is 0 Å². The molecule has 0 spiro atoms. The quantitative estimate of drug-likeness (QED) is 0.851. The molecule has 2 aromatic carbocycles. The molecule has 0 bridgehead atoms. The number of benzene rings is 2. The van der Waals surface area contributed by atoms with E-state index in [0.717, 1.165) is 0 Å². The zero-order chi connectivity index (χ0) is 17.8. The lowest BCUT2D eigenvalue weighted by Gasteiger charge is -2.48. The molecule has 4 heteroatoms. The summed E-state index contributed by atoms with van der Waals surface area (Å²) in [6, 6.07) is 20.0. The van der Waals surface area contributed by atoms with Gasteiger partial charge >= 0.3 is 0 Å². The van der Waals surface area contributed by atoms with E-state index >= 15 is 0 Å². The number of nitrogens with one attached hydrogen (secondary N) is 1.